The molecule has 1 aliphatic rings. The van der Waals surface area contributed by atoms with Gasteiger partial charge in [0.1, 0.15) is 16.2 Å². The number of amides is 1. The van der Waals surface area contributed by atoms with E-state index < -0.39 is 0 Å². The summed E-state index contributed by atoms with van der Waals surface area (Å²) in [5.41, 5.74) is 2.63. The van der Waals surface area contributed by atoms with Gasteiger partial charge in [-0.25, -0.2) is 9.78 Å². The molecule has 38 heavy (non-hydrogen) atoms. The predicted octanol–water partition coefficient (Wildman–Crippen LogP) is 5.05. The van der Waals surface area contributed by atoms with E-state index in [1.807, 2.05) is 18.2 Å². The highest BCUT2D eigenvalue weighted by Gasteiger charge is 2.30. The van der Waals surface area contributed by atoms with Crippen LogP contribution in [0.3, 0.4) is 0 Å². The molecule has 0 radical (unpaired) electrons. The van der Waals surface area contributed by atoms with Gasteiger partial charge in [-0.3, -0.25) is 14.3 Å². The van der Waals surface area contributed by atoms with Crippen molar-refractivity contribution < 1.29 is 14.3 Å². The van der Waals surface area contributed by atoms with E-state index in [-0.39, 0.29) is 25.6 Å². The molecule has 1 amide bonds. The molecule has 6 rings (SSSR count). The molecule has 0 unspecified atom stereocenters. The number of carbonyl (C=O) groups excluding carboxylic acids is 1. The molecule has 4 heterocycles. The first-order valence-electron chi connectivity index (χ1n) is 11.7. The fourth-order valence-corrected chi connectivity index (χ4v) is 6.31. The maximum Gasteiger partial charge on any atom is 0.352 e. The molecule has 0 saturated carbocycles. The number of benzene rings is 2. The monoisotopic (exact) mass is 551 g/mol. The molecule has 1 aliphatic heterocycles. The quantitative estimate of drug-likeness (QED) is 0.303. The summed E-state index contributed by atoms with van der Waals surface area (Å²) >= 11 is 7.47. The number of methoxy groups -OCH3 is 2. The van der Waals surface area contributed by atoms with Crippen molar-refractivity contribution in [2.24, 2.45) is 0 Å². The van der Waals surface area contributed by atoms with Crippen LogP contribution in [-0.4, -0.2) is 45.8 Å². The Labute approximate surface area is 227 Å². The lowest BCUT2D eigenvalue weighted by Gasteiger charge is -2.26. The molecule has 0 saturated heterocycles. The van der Waals surface area contributed by atoms with Crippen LogP contribution in [0.25, 0.3) is 15.9 Å². The molecule has 0 aliphatic carbocycles. The van der Waals surface area contributed by atoms with Gasteiger partial charge in [-0.15, -0.1) is 0 Å². The van der Waals surface area contributed by atoms with E-state index in [9.17, 15) is 9.59 Å². The molecular weight excluding hydrogens is 526 g/mol. The van der Waals surface area contributed by atoms with Gasteiger partial charge in [-0.1, -0.05) is 36.4 Å². The Balaban J connectivity index is 0.00000294. The number of thiophene rings is 1. The number of hydrogen-bond donors (Lipinski definition) is 0. The van der Waals surface area contributed by atoms with Gasteiger partial charge in [0.15, 0.2) is 17.1 Å². The minimum atomic E-state index is -0.302. The van der Waals surface area contributed by atoms with Crippen molar-refractivity contribution >= 4 is 49.7 Å². The molecule has 196 valence electrons. The van der Waals surface area contributed by atoms with E-state index in [0.717, 1.165) is 39.2 Å². The SMILES string of the molecule is C.COc1ccc(Cn2c(=O)n3ncnc3c3c4c(sc32)N(C(=O)c2ccc(Cl)cc2)CCC4)cc1OC. The topological polar surface area (TPSA) is 91.0 Å². The van der Waals surface area contributed by atoms with Crippen molar-refractivity contribution in [3.63, 3.8) is 0 Å². The highest BCUT2D eigenvalue weighted by Crippen LogP contribution is 2.43. The zero-order chi connectivity index (χ0) is 25.7. The van der Waals surface area contributed by atoms with Crippen molar-refractivity contribution in [3.8, 4) is 11.5 Å². The largest absolute Gasteiger partial charge is 0.493 e. The number of rotatable bonds is 5. The first-order valence-corrected chi connectivity index (χ1v) is 12.9. The van der Waals surface area contributed by atoms with E-state index in [2.05, 4.69) is 10.1 Å². The van der Waals surface area contributed by atoms with Crippen LogP contribution in [0.2, 0.25) is 5.02 Å². The number of anilines is 1. The van der Waals surface area contributed by atoms with Gasteiger partial charge in [0, 0.05) is 22.7 Å². The Morgan fingerprint density at radius 1 is 1.11 bits per heavy atom. The lowest BCUT2D eigenvalue weighted by Crippen LogP contribution is -2.34. The third-order valence-electron chi connectivity index (χ3n) is 6.57. The van der Waals surface area contributed by atoms with E-state index in [1.165, 1.54) is 22.2 Å². The van der Waals surface area contributed by atoms with Gasteiger partial charge in [-0.2, -0.15) is 9.61 Å². The minimum absolute atomic E-state index is 0. The van der Waals surface area contributed by atoms with E-state index in [1.54, 1.807) is 48.0 Å². The molecule has 5 aromatic rings. The second-order valence-electron chi connectivity index (χ2n) is 8.69. The summed E-state index contributed by atoms with van der Waals surface area (Å²) < 4.78 is 13.8. The van der Waals surface area contributed by atoms with Crippen LogP contribution in [-0.2, 0) is 13.0 Å². The normalized spacial score (nSPS) is 12.9. The van der Waals surface area contributed by atoms with Crippen LogP contribution in [0.15, 0.2) is 53.6 Å². The van der Waals surface area contributed by atoms with Gasteiger partial charge in [-0.05, 0) is 54.8 Å². The second kappa shape index (κ2) is 10.1. The number of fused-ring (bicyclic) bond motifs is 5. The lowest BCUT2D eigenvalue weighted by molar-refractivity contribution is 0.0986. The van der Waals surface area contributed by atoms with E-state index in [4.69, 9.17) is 21.1 Å². The number of ether oxygens (including phenoxy) is 2. The number of carbonyl (C=O) groups is 1. The van der Waals surface area contributed by atoms with Crippen LogP contribution in [0.4, 0.5) is 5.00 Å². The number of aryl methyl sites for hydroxylation is 1. The first kappa shape index (κ1) is 25.7. The molecular formula is C27H26ClN5O4S. The van der Waals surface area contributed by atoms with Crippen LogP contribution < -0.4 is 20.1 Å². The summed E-state index contributed by atoms with van der Waals surface area (Å²) in [4.78, 5) is 34.0. The van der Waals surface area contributed by atoms with Crippen LogP contribution in [0.1, 0.15) is 35.3 Å². The fourth-order valence-electron chi connectivity index (χ4n) is 4.82. The van der Waals surface area contributed by atoms with Gasteiger partial charge in [0.2, 0.25) is 0 Å². The summed E-state index contributed by atoms with van der Waals surface area (Å²) in [5, 5.41) is 6.47. The molecule has 0 atom stereocenters. The van der Waals surface area contributed by atoms with Crippen molar-refractivity contribution in [2.75, 3.05) is 25.7 Å². The molecule has 11 heteroatoms. The molecule has 0 bridgehead atoms. The Kier molecular flexibility index (Phi) is 6.85. The zero-order valence-electron chi connectivity index (χ0n) is 20.1. The summed E-state index contributed by atoms with van der Waals surface area (Å²) in [6.45, 7) is 0.875. The molecule has 0 N–H and O–H groups in total. The lowest BCUT2D eigenvalue weighted by atomic mass is 10.0. The van der Waals surface area contributed by atoms with Crippen molar-refractivity contribution in [2.45, 2.75) is 26.8 Å². The number of halogens is 1. The predicted molar refractivity (Wildman–Crippen MR) is 149 cm³/mol. The number of aromatic nitrogens is 4. The fraction of sp³-hybridized carbons (Fsp3) is 0.259. The first-order chi connectivity index (χ1) is 18.0. The molecule has 0 fully saturated rings. The van der Waals surface area contributed by atoms with Gasteiger partial charge >= 0.3 is 5.69 Å². The molecule has 2 aromatic carbocycles. The number of hydrogen-bond acceptors (Lipinski definition) is 7. The maximum absolute atomic E-state index is 13.5. The third-order valence-corrected chi connectivity index (χ3v) is 8.10. The third kappa shape index (κ3) is 4.10. The van der Waals surface area contributed by atoms with Crippen molar-refractivity contribution in [1.29, 1.82) is 0 Å². The van der Waals surface area contributed by atoms with Gasteiger partial charge < -0.3 is 9.47 Å². The van der Waals surface area contributed by atoms with E-state index >= 15 is 0 Å². The highest BCUT2D eigenvalue weighted by molar-refractivity contribution is 7.23. The number of nitrogens with zero attached hydrogens (tertiary/aromatic N) is 5. The van der Waals surface area contributed by atoms with Gasteiger partial charge in [0.05, 0.1) is 26.2 Å². The average molecular weight is 552 g/mol. The maximum atomic E-state index is 13.5. The standard InChI is InChI=1S/C26H22ClN5O4S.CH4/c1-35-19-10-5-15(12-20(19)36-2)13-31-25-21(22-28-14-29-32(22)26(31)34)18-4-3-11-30(24(18)37-25)23(33)16-6-8-17(27)9-7-16;/h5-10,12,14H,3-4,11,13H2,1-2H3;1H4. The zero-order valence-corrected chi connectivity index (χ0v) is 21.7. The van der Waals surface area contributed by atoms with Crippen molar-refractivity contribution in [3.05, 3.63) is 81.0 Å². The summed E-state index contributed by atoms with van der Waals surface area (Å²) in [5.74, 6) is 1.09. The smallest absolute Gasteiger partial charge is 0.352 e. The Morgan fingerprint density at radius 2 is 1.87 bits per heavy atom. The molecule has 9 nitrogen and oxygen atoms in total. The van der Waals surface area contributed by atoms with Crippen molar-refractivity contribution in [1.82, 2.24) is 19.2 Å². The molecule has 0 spiro atoms. The summed E-state index contributed by atoms with van der Waals surface area (Å²) in [7, 11) is 3.16. The van der Waals surface area contributed by atoms with Crippen LogP contribution in [0, 0.1) is 0 Å². The van der Waals surface area contributed by atoms with Gasteiger partial charge in [0.25, 0.3) is 5.91 Å². The second-order valence-corrected chi connectivity index (χ2v) is 10.1. The minimum Gasteiger partial charge on any atom is -0.493 e. The Bertz CT molecular complexity index is 1720. The summed E-state index contributed by atoms with van der Waals surface area (Å²) in [6, 6.07) is 12.5. The molecule has 3 aromatic heterocycles. The summed E-state index contributed by atoms with van der Waals surface area (Å²) in [6.07, 6.45) is 2.96. The average Bonchev–Trinajstić information content (AvgIpc) is 3.56. The van der Waals surface area contributed by atoms with Crippen LogP contribution >= 0.6 is 22.9 Å². The Hall–Kier alpha value is -3.89. The van der Waals surface area contributed by atoms with E-state index in [0.29, 0.717) is 34.3 Å². The Morgan fingerprint density at radius 3 is 2.61 bits per heavy atom. The van der Waals surface area contributed by atoms with Crippen LogP contribution in [0.5, 0.6) is 11.5 Å². The highest BCUT2D eigenvalue weighted by atomic mass is 35.5.